The minimum Gasteiger partial charge on any atom is -0.465 e. The summed E-state index contributed by atoms with van der Waals surface area (Å²) in [4.78, 5) is 6.37. The van der Waals surface area contributed by atoms with E-state index in [1.54, 1.807) is 6.20 Å². The lowest BCUT2D eigenvalue weighted by molar-refractivity contribution is 0.285. The fourth-order valence-corrected chi connectivity index (χ4v) is 2.23. The van der Waals surface area contributed by atoms with Crippen LogP contribution in [0.1, 0.15) is 29.6 Å². The Kier molecular flexibility index (Phi) is 5.32. The van der Waals surface area contributed by atoms with E-state index >= 15 is 0 Å². The molecule has 2 aromatic rings. The van der Waals surface area contributed by atoms with Gasteiger partial charge in [0.25, 0.3) is 0 Å². The predicted molar refractivity (Wildman–Crippen MR) is 80.2 cm³/mol. The van der Waals surface area contributed by atoms with Crippen LogP contribution < -0.4 is 5.32 Å². The van der Waals surface area contributed by atoms with E-state index in [0.29, 0.717) is 0 Å². The molecule has 0 unspecified atom stereocenters. The summed E-state index contributed by atoms with van der Waals surface area (Å²) in [6, 6.07) is 6.21. The molecule has 1 N–H and O–H groups in total. The van der Waals surface area contributed by atoms with E-state index < -0.39 is 0 Å². The second-order valence-electron chi connectivity index (χ2n) is 5.11. The molecular weight excluding hydrogens is 250 g/mol. The van der Waals surface area contributed by atoms with Crippen LogP contribution in [-0.4, -0.2) is 23.5 Å². The van der Waals surface area contributed by atoms with Gasteiger partial charge in [-0.3, -0.25) is 9.88 Å². The topological polar surface area (TPSA) is 41.3 Å². The van der Waals surface area contributed by atoms with Crippen molar-refractivity contribution in [3.63, 3.8) is 0 Å². The minimum atomic E-state index is 0.807. The summed E-state index contributed by atoms with van der Waals surface area (Å²) >= 11 is 0. The van der Waals surface area contributed by atoms with Crippen molar-refractivity contribution in [2.24, 2.45) is 0 Å². The van der Waals surface area contributed by atoms with Crippen molar-refractivity contribution < 1.29 is 4.42 Å². The van der Waals surface area contributed by atoms with Crippen LogP contribution in [0.5, 0.6) is 0 Å². The fraction of sp³-hybridized carbons (Fsp3) is 0.438. The quantitative estimate of drug-likeness (QED) is 0.842. The maximum absolute atomic E-state index is 5.82. The molecule has 0 atom stereocenters. The first-order valence-corrected chi connectivity index (χ1v) is 7.05. The highest BCUT2D eigenvalue weighted by Gasteiger charge is 2.09. The van der Waals surface area contributed by atoms with Crippen molar-refractivity contribution in [2.75, 3.05) is 13.6 Å². The summed E-state index contributed by atoms with van der Waals surface area (Å²) in [5, 5.41) is 3.33. The van der Waals surface area contributed by atoms with Gasteiger partial charge in [0.05, 0.1) is 6.54 Å². The first-order chi connectivity index (χ1) is 9.69. The Morgan fingerprint density at radius 3 is 2.90 bits per heavy atom. The van der Waals surface area contributed by atoms with Gasteiger partial charge in [-0.2, -0.15) is 0 Å². The van der Waals surface area contributed by atoms with Gasteiger partial charge < -0.3 is 9.73 Å². The zero-order chi connectivity index (χ0) is 14.4. The Morgan fingerprint density at radius 2 is 2.20 bits per heavy atom. The Hall–Kier alpha value is -1.65. The molecular formula is C16H23N3O. The number of nitrogens with one attached hydrogen (secondary N) is 1. The molecule has 0 saturated carbocycles. The van der Waals surface area contributed by atoms with Crippen LogP contribution in [0.2, 0.25) is 0 Å². The van der Waals surface area contributed by atoms with Crippen LogP contribution in [-0.2, 0) is 19.6 Å². The van der Waals surface area contributed by atoms with E-state index in [4.69, 9.17) is 4.42 Å². The Morgan fingerprint density at radius 1 is 1.35 bits per heavy atom. The van der Waals surface area contributed by atoms with E-state index in [-0.39, 0.29) is 0 Å². The molecule has 0 aliphatic rings. The second kappa shape index (κ2) is 7.22. The molecule has 108 valence electrons. The molecule has 4 heteroatoms. The van der Waals surface area contributed by atoms with Gasteiger partial charge >= 0.3 is 0 Å². The lowest BCUT2D eigenvalue weighted by Crippen LogP contribution is -2.17. The first kappa shape index (κ1) is 14.8. The molecule has 20 heavy (non-hydrogen) atoms. The molecule has 0 fully saturated rings. The number of pyridine rings is 1. The summed E-state index contributed by atoms with van der Waals surface area (Å²) in [6.07, 6.45) is 3.70. The molecule has 0 saturated heterocycles. The van der Waals surface area contributed by atoms with Crippen molar-refractivity contribution in [1.29, 1.82) is 0 Å². The summed E-state index contributed by atoms with van der Waals surface area (Å²) in [5.41, 5.74) is 2.46. The van der Waals surface area contributed by atoms with E-state index in [0.717, 1.165) is 37.7 Å². The molecule has 2 aromatic heterocycles. The third kappa shape index (κ3) is 4.18. The van der Waals surface area contributed by atoms with Crippen LogP contribution in [0.4, 0.5) is 0 Å². The van der Waals surface area contributed by atoms with Crippen molar-refractivity contribution in [3.8, 4) is 0 Å². The normalized spacial score (nSPS) is 11.2. The van der Waals surface area contributed by atoms with Gasteiger partial charge in [0.2, 0.25) is 0 Å². The molecule has 0 aliphatic heterocycles. The molecule has 2 rings (SSSR count). The molecule has 2 heterocycles. The molecule has 0 aromatic carbocycles. The summed E-state index contributed by atoms with van der Waals surface area (Å²) in [5.74, 6) is 2.03. The number of rotatable bonds is 7. The maximum atomic E-state index is 5.82. The van der Waals surface area contributed by atoms with E-state index in [2.05, 4.69) is 41.3 Å². The number of nitrogens with zero attached hydrogens (tertiary/aromatic N) is 2. The highest BCUT2D eigenvalue weighted by atomic mass is 16.3. The zero-order valence-electron chi connectivity index (χ0n) is 12.5. The lowest BCUT2D eigenvalue weighted by Gasteiger charge is -2.14. The highest BCUT2D eigenvalue weighted by Crippen LogP contribution is 2.16. The van der Waals surface area contributed by atoms with E-state index in [9.17, 15) is 0 Å². The Balaban J connectivity index is 1.92. The molecule has 4 nitrogen and oxygen atoms in total. The minimum absolute atomic E-state index is 0.807. The van der Waals surface area contributed by atoms with Gasteiger partial charge in [0.15, 0.2) is 0 Å². The van der Waals surface area contributed by atoms with Gasteiger partial charge in [-0.15, -0.1) is 0 Å². The number of hydrogen-bond acceptors (Lipinski definition) is 4. The lowest BCUT2D eigenvalue weighted by atomic mass is 10.2. The molecule has 0 aliphatic carbocycles. The van der Waals surface area contributed by atoms with Crippen molar-refractivity contribution in [2.45, 2.75) is 33.5 Å². The van der Waals surface area contributed by atoms with Gasteiger partial charge in [-0.05, 0) is 38.2 Å². The largest absolute Gasteiger partial charge is 0.465 e. The first-order valence-electron chi connectivity index (χ1n) is 7.05. The van der Waals surface area contributed by atoms with Crippen molar-refractivity contribution in [3.05, 3.63) is 53.2 Å². The average molecular weight is 273 g/mol. The van der Waals surface area contributed by atoms with Crippen LogP contribution in [0.25, 0.3) is 0 Å². The Labute approximate surface area is 120 Å². The smallest absolute Gasteiger partial charge is 0.118 e. The summed E-state index contributed by atoms with van der Waals surface area (Å²) < 4.78 is 5.82. The van der Waals surface area contributed by atoms with Crippen LogP contribution in [0.15, 0.2) is 35.0 Å². The van der Waals surface area contributed by atoms with E-state index in [1.807, 2.05) is 19.2 Å². The van der Waals surface area contributed by atoms with Crippen molar-refractivity contribution in [1.82, 2.24) is 15.2 Å². The van der Waals surface area contributed by atoms with Gasteiger partial charge in [0, 0.05) is 31.0 Å². The molecule has 0 radical (unpaired) electrons. The highest BCUT2D eigenvalue weighted by molar-refractivity contribution is 5.20. The number of aryl methyl sites for hydroxylation is 1. The second-order valence-corrected chi connectivity index (χ2v) is 5.11. The standard InChI is InChI=1S/C16H23N3O/c1-4-17-10-15-8-16(20-13(15)2)12-19(3)11-14-6-5-7-18-9-14/h5-9,17H,4,10-12H2,1-3H3. The monoisotopic (exact) mass is 273 g/mol. The van der Waals surface area contributed by atoms with Crippen LogP contribution in [0.3, 0.4) is 0 Å². The molecule has 0 spiro atoms. The number of furan rings is 1. The number of hydrogen-bond donors (Lipinski definition) is 1. The fourth-order valence-electron chi connectivity index (χ4n) is 2.23. The van der Waals surface area contributed by atoms with Gasteiger partial charge in [0.1, 0.15) is 11.5 Å². The van der Waals surface area contributed by atoms with Crippen molar-refractivity contribution >= 4 is 0 Å². The predicted octanol–water partition coefficient (Wildman–Crippen LogP) is 2.72. The van der Waals surface area contributed by atoms with E-state index in [1.165, 1.54) is 11.1 Å². The number of aromatic nitrogens is 1. The van der Waals surface area contributed by atoms with Gasteiger partial charge in [-0.1, -0.05) is 13.0 Å². The zero-order valence-corrected chi connectivity index (χ0v) is 12.5. The maximum Gasteiger partial charge on any atom is 0.118 e. The third-order valence-corrected chi connectivity index (χ3v) is 3.24. The van der Waals surface area contributed by atoms with Crippen LogP contribution >= 0.6 is 0 Å². The molecule has 0 amide bonds. The van der Waals surface area contributed by atoms with Crippen LogP contribution in [0, 0.1) is 6.92 Å². The van der Waals surface area contributed by atoms with Gasteiger partial charge in [-0.25, -0.2) is 0 Å². The Bertz CT molecular complexity index is 522. The summed E-state index contributed by atoms with van der Waals surface area (Å²) in [7, 11) is 2.09. The third-order valence-electron chi connectivity index (χ3n) is 3.24. The average Bonchev–Trinajstić information content (AvgIpc) is 2.77. The SMILES string of the molecule is CCNCc1cc(CN(C)Cc2cccnc2)oc1C. The summed E-state index contributed by atoms with van der Waals surface area (Å²) in [6.45, 7) is 7.66. The molecule has 0 bridgehead atoms.